The van der Waals surface area contributed by atoms with E-state index in [0.717, 1.165) is 10.8 Å². The molecule has 3 aromatic rings. The number of ether oxygens (including phenoxy) is 1. The van der Waals surface area contributed by atoms with Crippen molar-refractivity contribution in [3.05, 3.63) is 71.2 Å². The van der Waals surface area contributed by atoms with E-state index in [4.69, 9.17) is 4.74 Å². The zero-order chi connectivity index (χ0) is 16.6. The van der Waals surface area contributed by atoms with Crippen LogP contribution in [0.5, 0.6) is 5.75 Å². The third kappa shape index (κ3) is 4.89. The molecule has 24 heavy (non-hydrogen) atoms. The Bertz CT molecular complexity index is 775. The van der Waals surface area contributed by atoms with Crippen molar-refractivity contribution in [1.29, 1.82) is 0 Å². The van der Waals surface area contributed by atoms with Gasteiger partial charge in [-0.2, -0.15) is 0 Å². The summed E-state index contributed by atoms with van der Waals surface area (Å²) in [5.74, 6) is 0.625. The van der Waals surface area contributed by atoms with Crippen LogP contribution in [0.4, 0.5) is 5.13 Å². The fraction of sp³-hybridized carbons (Fsp3) is 0.167. The van der Waals surface area contributed by atoms with E-state index in [1.165, 1.54) is 16.9 Å². The molecule has 3 rings (SSSR count). The number of amides is 1. The fourth-order valence-electron chi connectivity index (χ4n) is 2.11. The molecule has 0 spiro atoms. The molecule has 122 valence electrons. The van der Waals surface area contributed by atoms with Crippen LogP contribution in [-0.4, -0.2) is 22.7 Å². The number of aromatic nitrogens is 2. The first-order valence-electron chi connectivity index (χ1n) is 7.63. The van der Waals surface area contributed by atoms with Gasteiger partial charge in [-0.15, -0.1) is 10.2 Å². The van der Waals surface area contributed by atoms with E-state index < -0.39 is 0 Å². The third-order valence-corrected chi connectivity index (χ3v) is 4.09. The second-order valence-corrected chi connectivity index (χ2v) is 6.19. The number of rotatable bonds is 7. The highest BCUT2D eigenvalue weighted by Crippen LogP contribution is 2.18. The second kappa shape index (κ2) is 8.21. The Kier molecular flexibility index (Phi) is 5.52. The van der Waals surface area contributed by atoms with Crippen LogP contribution in [0.25, 0.3) is 0 Å². The molecule has 0 aliphatic heterocycles. The summed E-state index contributed by atoms with van der Waals surface area (Å²) in [6.07, 6.45) is 0.980. The Morgan fingerprint density at radius 1 is 1.00 bits per heavy atom. The van der Waals surface area contributed by atoms with Gasteiger partial charge in [-0.1, -0.05) is 59.9 Å². The maximum absolute atomic E-state index is 11.9. The molecule has 0 saturated carbocycles. The number of carbonyl (C=O) groups is 1. The molecule has 1 amide bonds. The molecule has 0 fully saturated rings. The molecule has 0 unspecified atom stereocenters. The van der Waals surface area contributed by atoms with Crippen molar-refractivity contribution in [2.45, 2.75) is 12.8 Å². The summed E-state index contributed by atoms with van der Waals surface area (Å²) in [5, 5.41) is 12.3. The monoisotopic (exact) mass is 339 g/mol. The maximum atomic E-state index is 11.9. The SMILES string of the molecule is O=C(CCOc1ccccc1)Nc1nnc(Cc2ccccc2)s1. The normalized spacial score (nSPS) is 10.3. The summed E-state index contributed by atoms with van der Waals surface area (Å²) in [7, 11) is 0. The number of anilines is 1. The van der Waals surface area contributed by atoms with E-state index in [1.807, 2.05) is 60.7 Å². The van der Waals surface area contributed by atoms with Gasteiger partial charge in [0.05, 0.1) is 13.0 Å². The van der Waals surface area contributed by atoms with E-state index in [0.29, 0.717) is 18.2 Å². The predicted molar refractivity (Wildman–Crippen MR) is 94.3 cm³/mol. The van der Waals surface area contributed by atoms with E-state index in [1.54, 1.807) is 0 Å². The summed E-state index contributed by atoms with van der Waals surface area (Å²) in [6, 6.07) is 19.5. The summed E-state index contributed by atoms with van der Waals surface area (Å²) in [5.41, 5.74) is 1.17. The minimum Gasteiger partial charge on any atom is -0.493 e. The van der Waals surface area contributed by atoms with E-state index in [9.17, 15) is 4.79 Å². The molecule has 0 aliphatic rings. The number of para-hydroxylation sites is 1. The van der Waals surface area contributed by atoms with Gasteiger partial charge in [0.1, 0.15) is 10.8 Å². The van der Waals surface area contributed by atoms with Gasteiger partial charge in [0.25, 0.3) is 0 Å². The molecule has 1 heterocycles. The van der Waals surface area contributed by atoms with Gasteiger partial charge in [0.2, 0.25) is 11.0 Å². The lowest BCUT2D eigenvalue weighted by atomic mass is 10.2. The van der Waals surface area contributed by atoms with E-state index in [-0.39, 0.29) is 12.3 Å². The van der Waals surface area contributed by atoms with Gasteiger partial charge in [-0.05, 0) is 17.7 Å². The van der Waals surface area contributed by atoms with Crippen molar-refractivity contribution in [2.75, 3.05) is 11.9 Å². The first kappa shape index (κ1) is 16.1. The van der Waals surface area contributed by atoms with Gasteiger partial charge in [0.15, 0.2) is 0 Å². The Morgan fingerprint density at radius 2 is 1.71 bits per heavy atom. The fourth-order valence-corrected chi connectivity index (χ4v) is 2.90. The quantitative estimate of drug-likeness (QED) is 0.715. The van der Waals surface area contributed by atoms with Crippen LogP contribution in [-0.2, 0) is 11.2 Å². The molecule has 0 saturated heterocycles. The molecule has 0 aliphatic carbocycles. The molecule has 6 heteroatoms. The Labute approximate surface area is 144 Å². The topological polar surface area (TPSA) is 64.1 Å². The molecule has 1 aromatic heterocycles. The average molecular weight is 339 g/mol. The van der Waals surface area contributed by atoms with E-state index >= 15 is 0 Å². The predicted octanol–water partition coefficient (Wildman–Crippen LogP) is 3.54. The van der Waals surface area contributed by atoms with Crippen LogP contribution in [0.15, 0.2) is 60.7 Å². The highest BCUT2D eigenvalue weighted by Gasteiger charge is 2.09. The minimum atomic E-state index is -0.131. The summed E-state index contributed by atoms with van der Waals surface area (Å²) < 4.78 is 5.51. The van der Waals surface area contributed by atoms with Crippen molar-refractivity contribution in [3.8, 4) is 5.75 Å². The third-order valence-electron chi connectivity index (χ3n) is 3.25. The summed E-state index contributed by atoms with van der Waals surface area (Å²) in [4.78, 5) is 11.9. The highest BCUT2D eigenvalue weighted by atomic mass is 32.1. The number of hydrogen-bond acceptors (Lipinski definition) is 5. The second-order valence-electron chi connectivity index (χ2n) is 5.12. The molecule has 5 nitrogen and oxygen atoms in total. The van der Waals surface area contributed by atoms with Crippen molar-refractivity contribution in [2.24, 2.45) is 0 Å². The lowest BCUT2D eigenvalue weighted by Gasteiger charge is -2.05. The van der Waals surface area contributed by atoms with Crippen LogP contribution in [0.2, 0.25) is 0 Å². The van der Waals surface area contributed by atoms with Crippen LogP contribution in [0.3, 0.4) is 0 Å². The van der Waals surface area contributed by atoms with Crippen LogP contribution in [0, 0.1) is 0 Å². The first-order valence-corrected chi connectivity index (χ1v) is 8.45. The van der Waals surface area contributed by atoms with Crippen LogP contribution < -0.4 is 10.1 Å². The summed E-state index contributed by atoms with van der Waals surface area (Å²) >= 11 is 1.39. The van der Waals surface area contributed by atoms with Crippen molar-refractivity contribution in [1.82, 2.24) is 10.2 Å². The Hall–Kier alpha value is -2.73. The largest absolute Gasteiger partial charge is 0.493 e. The standard InChI is InChI=1S/C18H17N3O2S/c22-16(11-12-23-15-9-5-2-6-10-15)19-18-21-20-17(24-18)13-14-7-3-1-4-8-14/h1-10H,11-13H2,(H,19,21,22). The van der Waals surface area contributed by atoms with Gasteiger partial charge in [-0.3, -0.25) is 4.79 Å². The van der Waals surface area contributed by atoms with Gasteiger partial charge < -0.3 is 10.1 Å². The molecular weight excluding hydrogens is 322 g/mol. The zero-order valence-corrected chi connectivity index (χ0v) is 13.8. The van der Waals surface area contributed by atoms with Crippen LogP contribution >= 0.6 is 11.3 Å². The molecule has 2 aromatic carbocycles. The number of carbonyl (C=O) groups excluding carboxylic acids is 1. The van der Waals surface area contributed by atoms with Gasteiger partial charge in [0, 0.05) is 6.42 Å². The minimum absolute atomic E-state index is 0.131. The molecular formula is C18H17N3O2S. The zero-order valence-electron chi connectivity index (χ0n) is 13.0. The Morgan fingerprint density at radius 3 is 2.46 bits per heavy atom. The van der Waals surface area contributed by atoms with Crippen LogP contribution in [0.1, 0.15) is 17.0 Å². The summed E-state index contributed by atoms with van der Waals surface area (Å²) in [6.45, 7) is 0.325. The maximum Gasteiger partial charge on any atom is 0.229 e. The number of hydrogen-bond donors (Lipinski definition) is 1. The lowest BCUT2D eigenvalue weighted by molar-refractivity contribution is -0.116. The number of nitrogens with zero attached hydrogens (tertiary/aromatic N) is 2. The average Bonchev–Trinajstić information content (AvgIpc) is 3.03. The number of nitrogens with one attached hydrogen (secondary N) is 1. The first-order chi connectivity index (χ1) is 11.8. The number of benzene rings is 2. The van der Waals surface area contributed by atoms with Crippen molar-refractivity contribution >= 4 is 22.4 Å². The smallest absolute Gasteiger partial charge is 0.229 e. The molecule has 1 N–H and O–H groups in total. The highest BCUT2D eigenvalue weighted by molar-refractivity contribution is 7.15. The Balaban J connectivity index is 1.45. The molecule has 0 bridgehead atoms. The van der Waals surface area contributed by atoms with E-state index in [2.05, 4.69) is 15.5 Å². The van der Waals surface area contributed by atoms with Gasteiger partial charge >= 0.3 is 0 Å². The lowest BCUT2D eigenvalue weighted by Crippen LogP contribution is -2.15. The molecule has 0 atom stereocenters. The van der Waals surface area contributed by atoms with Crippen molar-refractivity contribution < 1.29 is 9.53 Å². The van der Waals surface area contributed by atoms with Crippen molar-refractivity contribution in [3.63, 3.8) is 0 Å². The van der Waals surface area contributed by atoms with Gasteiger partial charge in [-0.25, -0.2) is 0 Å². The molecule has 0 radical (unpaired) electrons.